The minimum absolute atomic E-state index is 0.000906. The number of nitrogens with zero attached hydrogens (tertiary/aromatic N) is 3. The van der Waals surface area contributed by atoms with Crippen molar-refractivity contribution in [2.75, 3.05) is 20.6 Å². The lowest BCUT2D eigenvalue weighted by molar-refractivity contribution is -0.140. The number of aromatic nitrogens is 1. The van der Waals surface area contributed by atoms with Gasteiger partial charge in [0.25, 0.3) is 0 Å². The number of allylic oxidation sites excluding steroid dienone is 2. The molecule has 2 fully saturated rings. The largest absolute Gasteiger partial charge is 0.488 e. The smallest absolute Gasteiger partial charge is 0.408 e. The van der Waals surface area contributed by atoms with Gasteiger partial charge in [0.15, 0.2) is 0 Å². The first-order valence-corrected chi connectivity index (χ1v) is 18.5. The fraction of sp³-hybridized carbons (Fsp3) is 0.600. The Morgan fingerprint density at radius 1 is 1.12 bits per heavy atom. The molecule has 6 unspecified atom stereocenters. The van der Waals surface area contributed by atoms with Crippen molar-refractivity contribution in [2.45, 2.75) is 90.0 Å². The molecule has 0 spiro atoms. The maximum Gasteiger partial charge on any atom is 0.408 e. The van der Waals surface area contributed by atoms with E-state index < -0.39 is 57.8 Å². The highest BCUT2D eigenvalue weighted by atomic mass is 32.2. The van der Waals surface area contributed by atoms with Gasteiger partial charge in [-0.25, -0.2) is 9.52 Å². The zero-order valence-electron chi connectivity index (χ0n) is 30.0. The molecule has 4 rings (SSSR count). The van der Waals surface area contributed by atoms with E-state index in [1.165, 1.54) is 19.0 Å². The van der Waals surface area contributed by atoms with E-state index in [1.807, 2.05) is 61.2 Å². The van der Waals surface area contributed by atoms with Crippen LogP contribution in [-0.2, 0) is 36.4 Å². The van der Waals surface area contributed by atoms with E-state index in [2.05, 4.69) is 10.0 Å². The van der Waals surface area contributed by atoms with Crippen LogP contribution in [0.3, 0.4) is 0 Å². The second-order valence-corrected chi connectivity index (χ2v) is 16.5. The Balaban J connectivity index is 1.35. The van der Waals surface area contributed by atoms with Gasteiger partial charge in [-0.2, -0.15) is 12.7 Å². The third kappa shape index (κ3) is 10.2. The van der Waals surface area contributed by atoms with E-state index in [-0.39, 0.29) is 30.7 Å². The average Bonchev–Trinajstić information content (AvgIpc) is 3.53. The van der Waals surface area contributed by atoms with Crippen molar-refractivity contribution >= 4 is 44.9 Å². The monoisotopic (exact) mass is 716 g/mol. The van der Waals surface area contributed by atoms with Crippen molar-refractivity contribution < 1.29 is 37.1 Å². The summed E-state index contributed by atoms with van der Waals surface area (Å²) in [5, 5.41) is 3.77. The highest BCUT2D eigenvalue weighted by Gasteiger charge is 2.44. The van der Waals surface area contributed by atoms with E-state index in [9.17, 15) is 27.6 Å². The standard InChI is InChI=1S/C35H52N6O8S/c1-22(12-10-8-9-11-13-23-19-27(23)32(43)38-50(46,47)39(5)6)30(37-34(45)49-35(2,3)4)33(44)41-21-26(20-29(41)31(36)42)48-25-14-15-28-24(18-25)16-17-40(28)7/h11,13-18,22-23,26-27,29-30H,8-10,12,19-21H2,1-7H3,(H2,36,42)(H,37,45)(H,38,43). The van der Waals surface area contributed by atoms with Crippen LogP contribution in [0.1, 0.15) is 66.2 Å². The van der Waals surface area contributed by atoms with Crippen molar-refractivity contribution in [3.05, 3.63) is 42.6 Å². The summed E-state index contributed by atoms with van der Waals surface area (Å²) in [4.78, 5) is 53.3. The van der Waals surface area contributed by atoms with Gasteiger partial charge in [-0.3, -0.25) is 14.4 Å². The van der Waals surface area contributed by atoms with Crippen molar-refractivity contribution in [2.24, 2.45) is 30.5 Å². The molecule has 1 aromatic heterocycles. The van der Waals surface area contributed by atoms with Crippen molar-refractivity contribution in [1.29, 1.82) is 0 Å². The summed E-state index contributed by atoms with van der Waals surface area (Å²) in [5.74, 6) is -1.62. The quantitative estimate of drug-likeness (QED) is 0.186. The molecule has 50 heavy (non-hydrogen) atoms. The minimum atomic E-state index is -3.81. The van der Waals surface area contributed by atoms with Crippen molar-refractivity contribution in [3.63, 3.8) is 0 Å². The lowest BCUT2D eigenvalue weighted by Crippen LogP contribution is -2.55. The summed E-state index contributed by atoms with van der Waals surface area (Å²) < 4.78 is 40.6. The van der Waals surface area contributed by atoms with E-state index in [0.717, 1.165) is 34.5 Å². The molecule has 1 aliphatic carbocycles. The fourth-order valence-electron chi connectivity index (χ4n) is 6.17. The number of aryl methyl sites for hydroxylation is 1. The van der Waals surface area contributed by atoms with Crippen molar-refractivity contribution in [3.8, 4) is 5.75 Å². The number of amides is 4. The molecule has 15 heteroatoms. The summed E-state index contributed by atoms with van der Waals surface area (Å²) in [5.41, 5.74) is 6.04. The Hall–Kier alpha value is -4.11. The number of ether oxygens (including phenoxy) is 2. The van der Waals surface area contributed by atoms with Crippen LogP contribution >= 0.6 is 0 Å². The summed E-state index contributed by atoms with van der Waals surface area (Å²) in [6.07, 6.45) is 8.38. The van der Waals surface area contributed by atoms with Crippen LogP contribution in [-0.4, -0.2) is 90.4 Å². The Bertz CT molecular complexity index is 1700. The summed E-state index contributed by atoms with van der Waals surface area (Å²) >= 11 is 0. The third-order valence-electron chi connectivity index (χ3n) is 9.09. The summed E-state index contributed by atoms with van der Waals surface area (Å²) in [6, 6.07) is 5.85. The molecule has 2 heterocycles. The molecule has 1 saturated carbocycles. The predicted octanol–water partition coefficient (Wildman–Crippen LogP) is 3.22. The number of hydrogen-bond donors (Lipinski definition) is 3. The molecule has 0 bridgehead atoms. The maximum absolute atomic E-state index is 14.1. The number of nitrogens with one attached hydrogen (secondary N) is 2. The number of rotatable bonds is 15. The van der Waals surface area contributed by atoms with Crippen LogP contribution in [0.2, 0.25) is 0 Å². The van der Waals surface area contributed by atoms with Gasteiger partial charge in [-0.1, -0.05) is 25.5 Å². The minimum Gasteiger partial charge on any atom is -0.488 e. The van der Waals surface area contributed by atoms with Gasteiger partial charge in [0.05, 0.1) is 6.54 Å². The third-order valence-corrected chi connectivity index (χ3v) is 10.5. The number of unbranched alkanes of at least 4 members (excludes halogenated alkanes) is 2. The second-order valence-electron chi connectivity index (χ2n) is 14.6. The maximum atomic E-state index is 14.1. The zero-order chi connectivity index (χ0) is 37.0. The zero-order valence-corrected chi connectivity index (χ0v) is 30.9. The highest BCUT2D eigenvalue weighted by molar-refractivity contribution is 7.87. The van der Waals surface area contributed by atoms with Crippen LogP contribution < -0.4 is 20.5 Å². The highest BCUT2D eigenvalue weighted by Crippen LogP contribution is 2.40. The van der Waals surface area contributed by atoms with Crippen LogP contribution in [0.5, 0.6) is 5.75 Å². The van der Waals surface area contributed by atoms with Gasteiger partial charge in [-0.05, 0) is 82.6 Å². The van der Waals surface area contributed by atoms with Crippen LogP contribution in [0.4, 0.5) is 4.79 Å². The van der Waals surface area contributed by atoms with E-state index >= 15 is 0 Å². The van der Waals surface area contributed by atoms with E-state index in [4.69, 9.17) is 15.2 Å². The number of primary amides is 1. The molecule has 276 valence electrons. The molecule has 1 aliphatic heterocycles. The lowest BCUT2D eigenvalue weighted by Gasteiger charge is -2.31. The van der Waals surface area contributed by atoms with Gasteiger partial charge < -0.3 is 30.0 Å². The molecule has 1 aromatic carbocycles. The number of fused-ring (bicyclic) bond motifs is 1. The first-order chi connectivity index (χ1) is 23.4. The van der Waals surface area contributed by atoms with Crippen LogP contribution in [0.15, 0.2) is 42.6 Å². The number of nitrogens with two attached hydrogens (primary N) is 1. The molecule has 2 aliphatic rings. The molecule has 4 N–H and O–H groups in total. The first-order valence-electron chi connectivity index (χ1n) is 17.1. The van der Waals surface area contributed by atoms with E-state index in [0.29, 0.717) is 18.6 Å². The van der Waals surface area contributed by atoms with Gasteiger partial charge in [0, 0.05) is 50.6 Å². The Labute approximate surface area is 294 Å². The molecule has 1 saturated heterocycles. The Kier molecular flexibility index (Phi) is 12.3. The van der Waals surface area contributed by atoms with Crippen LogP contribution in [0, 0.1) is 17.8 Å². The number of likely N-dealkylation sites (tertiary alicyclic amines) is 1. The van der Waals surface area contributed by atoms with Crippen molar-refractivity contribution in [1.82, 2.24) is 23.8 Å². The summed E-state index contributed by atoms with van der Waals surface area (Å²) in [7, 11) is 0.859. The number of hydrogen-bond acceptors (Lipinski definition) is 8. The number of alkyl carbamates (subject to hydrolysis) is 1. The van der Waals surface area contributed by atoms with Gasteiger partial charge in [0.1, 0.15) is 29.5 Å². The Morgan fingerprint density at radius 3 is 2.50 bits per heavy atom. The molecular weight excluding hydrogens is 664 g/mol. The Morgan fingerprint density at radius 2 is 1.84 bits per heavy atom. The number of benzene rings is 1. The van der Waals surface area contributed by atoms with Gasteiger partial charge in [-0.15, -0.1) is 0 Å². The first kappa shape index (κ1) is 38.7. The molecular formula is C35H52N6O8S. The topological polar surface area (TPSA) is 182 Å². The van der Waals surface area contributed by atoms with E-state index in [1.54, 1.807) is 20.8 Å². The van der Waals surface area contributed by atoms with Gasteiger partial charge in [0.2, 0.25) is 17.7 Å². The molecule has 4 amide bonds. The molecule has 2 aromatic rings. The summed E-state index contributed by atoms with van der Waals surface area (Å²) in [6.45, 7) is 7.22. The fourth-order valence-corrected chi connectivity index (χ4v) is 6.76. The predicted molar refractivity (Wildman–Crippen MR) is 189 cm³/mol. The van der Waals surface area contributed by atoms with Gasteiger partial charge >= 0.3 is 16.3 Å². The number of carbonyl (C=O) groups is 4. The van der Waals surface area contributed by atoms with Crippen LogP contribution in [0.25, 0.3) is 10.9 Å². The normalized spacial score (nSPS) is 22.0. The molecule has 14 nitrogen and oxygen atoms in total. The molecule has 0 radical (unpaired) electrons. The second kappa shape index (κ2) is 15.8. The number of carbonyl (C=O) groups excluding carboxylic acids is 4. The lowest BCUT2D eigenvalue weighted by atomic mass is 9.93. The molecule has 6 atom stereocenters. The SMILES string of the molecule is CC(CCCCC=CC1CC1C(=O)NS(=O)(=O)N(C)C)C(NC(=O)OC(C)(C)C)C(=O)N1CC(Oc2ccc3c(ccn3C)c2)CC1C(N)=O. The average molecular weight is 717 g/mol.